The number of hydrogen-bond acceptors (Lipinski definition) is 7. The Hall–Kier alpha value is -6.13. The number of anilines is 2. The molecule has 0 fully saturated rings. The van der Waals surface area contributed by atoms with E-state index < -0.39 is 23.0 Å². The highest BCUT2D eigenvalue weighted by Crippen LogP contribution is 2.37. The smallest absolute Gasteiger partial charge is 0.338 e. The van der Waals surface area contributed by atoms with Crippen LogP contribution in [-0.2, 0) is 14.3 Å². The Morgan fingerprint density at radius 1 is 0.667 bits per heavy atom. The number of rotatable bonds is 14. The second-order valence-electron chi connectivity index (χ2n) is 11.0. The zero-order valence-electron chi connectivity index (χ0n) is 28.1. The van der Waals surface area contributed by atoms with E-state index in [-0.39, 0.29) is 18.2 Å². The van der Waals surface area contributed by atoms with E-state index in [0.717, 1.165) is 10.5 Å². The molecule has 5 aromatic carbocycles. The van der Waals surface area contributed by atoms with E-state index in [1.54, 1.807) is 85.8 Å². The van der Waals surface area contributed by atoms with Crippen molar-refractivity contribution in [2.24, 2.45) is 0 Å². The minimum absolute atomic E-state index is 0.0329. The molecule has 1 atom stereocenters. The van der Waals surface area contributed by atoms with Gasteiger partial charge in [0.05, 0.1) is 18.8 Å². The quantitative estimate of drug-likeness (QED) is 0.0608. The first-order chi connectivity index (χ1) is 24.8. The third-order valence-electron chi connectivity index (χ3n) is 7.42. The van der Waals surface area contributed by atoms with E-state index in [1.807, 2.05) is 67.6 Å². The molecule has 0 bridgehead atoms. The number of nitrogens with one attached hydrogen (secondary N) is 3. The van der Waals surface area contributed by atoms with Gasteiger partial charge in [-0.1, -0.05) is 66.7 Å². The predicted octanol–water partition coefficient (Wildman–Crippen LogP) is 8.14. The lowest BCUT2D eigenvalue weighted by atomic mass is 10.1. The molecule has 1 unspecified atom stereocenters. The number of para-hydroxylation sites is 1. The first kappa shape index (κ1) is 36.2. The summed E-state index contributed by atoms with van der Waals surface area (Å²) in [5, 5.41) is 7.97. The number of hydrogen-bond donors (Lipinski definition) is 3. The van der Waals surface area contributed by atoms with E-state index >= 15 is 0 Å². The Bertz CT molecular complexity index is 1980. The molecule has 0 aliphatic rings. The summed E-state index contributed by atoms with van der Waals surface area (Å²) >= 11 is 1.35. The number of carbonyl (C=O) groups excluding carboxylic acids is 4. The molecule has 5 rings (SSSR count). The van der Waals surface area contributed by atoms with Crippen LogP contribution < -0.4 is 20.7 Å². The van der Waals surface area contributed by atoms with Gasteiger partial charge < -0.3 is 25.4 Å². The first-order valence-corrected chi connectivity index (χ1v) is 17.2. The maximum atomic E-state index is 13.6. The number of esters is 1. The van der Waals surface area contributed by atoms with Crippen LogP contribution in [0.4, 0.5) is 11.4 Å². The Morgan fingerprint density at radius 2 is 1.27 bits per heavy atom. The van der Waals surface area contributed by atoms with Crippen LogP contribution in [-0.4, -0.2) is 36.9 Å². The average molecular weight is 700 g/mol. The minimum atomic E-state index is -0.607. The summed E-state index contributed by atoms with van der Waals surface area (Å²) in [6.07, 6.45) is 1.58. The van der Waals surface area contributed by atoms with Gasteiger partial charge in [0.2, 0.25) is 5.91 Å². The Balaban J connectivity index is 1.32. The van der Waals surface area contributed by atoms with E-state index in [1.165, 1.54) is 11.8 Å². The number of amides is 3. The van der Waals surface area contributed by atoms with Gasteiger partial charge in [-0.3, -0.25) is 14.4 Å². The van der Waals surface area contributed by atoms with Gasteiger partial charge in [0, 0.05) is 27.4 Å². The van der Waals surface area contributed by atoms with Crippen LogP contribution in [0.3, 0.4) is 0 Å². The van der Waals surface area contributed by atoms with Crippen molar-refractivity contribution in [3.63, 3.8) is 0 Å². The summed E-state index contributed by atoms with van der Waals surface area (Å²) in [7, 11) is 0. The summed E-state index contributed by atoms with van der Waals surface area (Å²) in [6, 6.07) is 38.9. The molecule has 3 N–H and O–H groups in total. The van der Waals surface area contributed by atoms with Crippen molar-refractivity contribution >= 4 is 52.9 Å². The Morgan fingerprint density at radius 3 is 1.94 bits per heavy atom. The standard InChI is InChI=1S/C41H37N3O6S/c1-3-49-36-18-12-11-17-31(36)27-35(44-38(45)29-15-9-6-10-16-29)39(46)42-33-23-25-34(26-24-33)51-37(28-13-7-5-8-14-28)40(47)43-32-21-19-30(20-22-32)41(48)50-4-2/h5-27,37H,3-4H2,1-2H3,(H,42,46)(H,43,47)(H,44,45)/b35-27-. The highest BCUT2D eigenvalue weighted by atomic mass is 32.2. The van der Waals surface area contributed by atoms with Crippen molar-refractivity contribution in [2.45, 2.75) is 24.0 Å². The van der Waals surface area contributed by atoms with Crippen molar-refractivity contribution in [2.75, 3.05) is 23.8 Å². The molecule has 0 radical (unpaired) electrons. The zero-order chi connectivity index (χ0) is 36.0. The zero-order valence-corrected chi connectivity index (χ0v) is 28.9. The van der Waals surface area contributed by atoms with Gasteiger partial charge in [0.15, 0.2) is 0 Å². The molecule has 3 amide bonds. The fraction of sp³-hybridized carbons (Fsp3) is 0.122. The van der Waals surface area contributed by atoms with Gasteiger partial charge in [-0.05, 0) is 92.2 Å². The van der Waals surface area contributed by atoms with Crippen molar-refractivity contribution in [3.8, 4) is 5.75 Å². The first-order valence-electron chi connectivity index (χ1n) is 16.4. The summed E-state index contributed by atoms with van der Waals surface area (Å²) in [4.78, 5) is 53.2. The molecule has 0 saturated heterocycles. The molecule has 51 heavy (non-hydrogen) atoms. The largest absolute Gasteiger partial charge is 0.493 e. The van der Waals surface area contributed by atoms with Crippen LogP contribution in [0.5, 0.6) is 5.75 Å². The van der Waals surface area contributed by atoms with Crippen LogP contribution in [0.25, 0.3) is 6.08 Å². The molecular formula is C41H37N3O6S. The van der Waals surface area contributed by atoms with E-state index in [2.05, 4.69) is 16.0 Å². The summed E-state index contributed by atoms with van der Waals surface area (Å²) < 4.78 is 10.8. The molecule has 0 aliphatic heterocycles. The third-order valence-corrected chi connectivity index (χ3v) is 8.68. The SMILES string of the molecule is CCOC(=O)c1ccc(NC(=O)C(Sc2ccc(NC(=O)/C(=C/c3ccccc3OCC)NC(=O)c3ccccc3)cc2)c2ccccc2)cc1. The lowest BCUT2D eigenvalue weighted by Crippen LogP contribution is -2.30. The van der Waals surface area contributed by atoms with Crippen molar-refractivity contribution in [3.05, 3.63) is 161 Å². The van der Waals surface area contributed by atoms with Gasteiger partial charge >= 0.3 is 5.97 Å². The molecule has 0 heterocycles. The molecular weight excluding hydrogens is 663 g/mol. The van der Waals surface area contributed by atoms with E-state index in [9.17, 15) is 19.2 Å². The predicted molar refractivity (Wildman–Crippen MR) is 201 cm³/mol. The normalized spacial score (nSPS) is 11.5. The molecule has 10 heteroatoms. The molecule has 9 nitrogen and oxygen atoms in total. The maximum Gasteiger partial charge on any atom is 0.338 e. The van der Waals surface area contributed by atoms with E-state index in [0.29, 0.717) is 40.4 Å². The van der Waals surface area contributed by atoms with Crippen LogP contribution in [0.2, 0.25) is 0 Å². The van der Waals surface area contributed by atoms with Gasteiger partial charge in [-0.2, -0.15) is 0 Å². The molecule has 0 saturated carbocycles. The van der Waals surface area contributed by atoms with Gasteiger partial charge in [0.25, 0.3) is 11.8 Å². The van der Waals surface area contributed by atoms with Gasteiger partial charge in [-0.15, -0.1) is 11.8 Å². The van der Waals surface area contributed by atoms with Crippen molar-refractivity contribution < 1.29 is 28.7 Å². The maximum absolute atomic E-state index is 13.6. The van der Waals surface area contributed by atoms with Crippen molar-refractivity contribution in [1.82, 2.24) is 5.32 Å². The van der Waals surface area contributed by atoms with Crippen LogP contribution in [0.1, 0.15) is 50.9 Å². The monoisotopic (exact) mass is 699 g/mol. The average Bonchev–Trinajstić information content (AvgIpc) is 3.16. The highest BCUT2D eigenvalue weighted by Gasteiger charge is 2.23. The molecule has 0 aliphatic carbocycles. The Kier molecular flexibility index (Phi) is 12.8. The minimum Gasteiger partial charge on any atom is -0.493 e. The fourth-order valence-electron chi connectivity index (χ4n) is 4.95. The molecule has 258 valence electrons. The second-order valence-corrected chi connectivity index (χ2v) is 12.2. The lowest BCUT2D eigenvalue weighted by molar-refractivity contribution is -0.116. The van der Waals surface area contributed by atoms with Gasteiger partial charge in [-0.25, -0.2) is 4.79 Å². The van der Waals surface area contributed by atoms with E-state index in [4.69, 9.17) is 9.47 Å². The van der Waals surface area contributed by atoms with Crippen LogP contribution >= 0.6 is 11.8 Å². The number of benzene rings is 5. The van der Waals surface area contributed by atoms with Crippen LogP contribution in [0, 0.1) is 0 Å². The summed E-state index contributed by atoms with van der Waals surface area (Å²) in [5.74, 6) is -1.06. The fourth-order valence-corrected chi connectivity index (χ4v) is 5.97. The molecule has 5 aromatic rings. The van der Waals surface area contributed by atoms with Crippen molar-refractivity contribution in [1.29, 1.82) is 0 Å². The summed E-state index contributed by atoms with van der Waals surface area (Å²) in [5.41, 5.74) is 3.30. The second kappa shape index (κ2) is 18.0. The molecule has 0 aromatic heterocycles. The highest BCUT2D eigenvalue weighted by molar-refractivity contribution is 8.00. The summed E-state index contributed by atoms with van der Waals surface area (Å²) in [6.45, 7) is 4.32. The molecule has 0 spiro atoms. The number of ether oxygens (including phenoxy) is 2. The van der Waals surface area contributed by atoms with Crippen LogP contribution in [0.15, 0.2) is 144 Å². The topological polar surface area (TPSA) is 123 Å². The third kappa shape index (κ3) is 10.2. The number of thioether (sulfide) groups is 1. The lowest BCUT2D eigenvalue weighted by Gasteiger charge is -2.18. The van der Waals surface area contributed by atoms with Gasteiger partial charge in [0.1, 0.15) is 16.7 Å². The Labute approximate surface area is 301 Å². The number of carbonyl (C=O) groups is 4.